The van der Waals surface area contributed by atoms with Crippen LogP contribution in [0.5, 0.6) is 0 Å². The second kappa shape index (κ2) is 6.92. The fourth-order valence-electron chi connectivity index (χ4n) is 3.16. The van der Waals surface area contributed by atoms with E-state index >= 15 is 0 Å². The lowest BCUT2D eigenvalue weighted by Gasteiger charge is -2.32. The number of benzene rings is 1. The average Bonchev–Trinajstić information content (AvgIpc) is 2.62. The molecule has 0 unspecified atom stereocenters. The molecule has 1 fully saturated rings. The van der Waals surface area contributed by atoms with Gasteiger partial charge in [-0.25, -0.2) is 0 Å². The van der Waals surface area contributed by atoms with Crippen molar-refractivity contribution in [2.75, 3.05) is 13.1 Å². The first-order chi connectivity index (χ1) is 11.1. The summed E-state index contributed by atoms with van der Waals surface area (Å²) in [7, 11) is 0. The van der Waals surface area contributed by atoms with E-state index in [0.29, 0.717) is 11.6 Å². The normalized spacial score (nSPS) is 16.9. The van der Waals surface area contributed by atoms with Crippen LogP contribution in [0.1, 0.15) is 48.1 Å². The van der Waals surface area contributed by atoms with Crippen LogP contribution < -0.4 is 5.73 Å². The van der Waals surface area contributed by atoms with Crippen LogP contribution >= 0.6 is 0 Å². The van der Waals surface area contributed by atoms with Crippen LogP contribution in [0.4, 0.5) is 0 Å². The molecule has 1 aliphatic heterocycles. The average molecular weight is 309 g/mol. The summed E-state index contributed by atoms with van der Waals surface area (Å²) in [5.41, 5.74) is 8.92. The number of hydrogen-bond acceptors (Lipinski definition) is 3. The Kier molecular flexibility index (Phi) is 4.72. The van der Waals surface area contributed by atoms with Crippen molar-refractivity contribution in [2.45, 2.75) is 32.2 Å². The first-order valence-corrected chi connectivity index (χ1v) is 8.25. The zero-order chi connectivity index (χ0) is 16.2. The molecular formula is C19H23N3O. The highest BCUT2D eigenvalue weighted by molar-refractivity contribution is 5.92. The van der Waals surface area contributed by atoms with Crippen LogP contribution in [-0.4, -0.2) is 28.9 Å². The van der Waals surface area contributed by atoms with E-state index in [-0.39, 0.29) is 0 Å². The number of nitrogens with zero attached hydrogens (tertiary/aromatic N) is 2. The molecule has 0 bridgehead atoms. The Bertz CT molecular complexity index is 658. The Morgan fingerprint density at radius 2 is 1.78 bits per heavy atom. The number of amides is 1. The minimum Gasteiger partial charge on any atom is -0.366 e. The smallest absolute Gasteiger partial charge is 0.250 e. The molecule has 2 N–H and O–H groups in total. The molecular weight excluding hydrogens is 286 g/mol. The summed E-state index contributed by atoms with van der Waals surface area (Å²) in [5.74, 6) is -0.449. The highest BCUT2D eigenvalue weighted by Gasteiger charge is 2.18. The Hall–Kier alpha value is -2.20. The number of nitrogens with two attached hydrogens (primary N) is 1. The van der Waals surface area contributed by atoms with Crippen molar-refractivity contribution < 1.29 is 4.79 Å². The van der Waals surface area contributed by atoms with Crippen LogP contribution in [0, 0.1) is 0 Å². The van der Waals surface area contributed by atoms with E-state index in [1.54, 1.807) is 6.07 Å². The molecule has 1 amide bonds. The Morgan fingerprint density at radius 1 is 1.09 bits per heavy atom. The van der Waals surface area contributed by atoms with Gasteiger partial charge in [0.2, 0.25) is 5.91 Å². The van der Waals surface area contributed by atoms with Crippen LogP contribution in [0.15, 0.2) is 42.6 Å². The van der Waals surface area contributed by atoms with Gasteiger partial charge in [0.15, 0.2) is 0 Å². The molecule has 1 aliphatic rings. The van der Waals surface area contributed by atoms with Gasteiger partial charge < -0.3 is 5.73 Å². The molecule has 0 radical (unpaired) electrons. The van der Waals surface area contributed by atoms with Gasteiger partial charge in [0, 0.05) is 17.8 Å². The molecule has 2 heterocycles. The zero-order valence-electron chi connectivity index (χ0n) is 13.5. The third-order valence-corrected chi connectivity index (χ3v) is 4.68. The summed E-state index contributed by atoms with van der Waals surface area (Å²) in [4.78, 5) is 18.0. The predicted molar refractivity (Wildman–Crippen MR) is 92.0 cm³/mol. The maximum Gasteiger partial charge on any atom is 0.250 e. The number of carbonyl (C=O) groups excluding carboxylic acids is 1. The minimum absolute atomic E-state index is 0.434. The van der Waals surface area contributed by atoms with E-state index < -0.39 is 5.91 Å². The second-order valence-corrected chi connectivity index (χ2v) is 6.19. The number of primary amides is 1. The van der Waals surface area contributed by atoms with Crippen LogP contribution in [0.25, 0.3) is 11.3 Å². The predicted octanol–water partition coefficient (Wildman–Crippen LogP) is 3.39. The summed E-state index contributed by atoms with van der Waals surface area (Å²) in [5, 5.41) is 0. The molecule has 2 aromatic rings. The van der Waals surface area contributed by atoms with Gasteiger partial charge in [0.1, 0.15) is 0 Å². The van der Waals surface area contributed by atoms with Gasteiger partial charge in [0.05, 0.1) is 11.3 Å². The number of rotatable bonds is 4. The number of pyridine rings is 1. The Morgan fingerprint density at radius 3 is 2.35 bits per heavy atom. The van der Waals surface area contributed by atoms with Gasteiger partial charge in [0.25, 0.3) is 0 Å². The number of carbonyl (C=O) groups is 1. The van der Waals surface area contributed by atoms with Crippen molar-refractivity contribution in [3.63, 3.8) is 0 Å². The molecule has 0 aliphatic carbocycles. The maximum absolute atomic E-state index is 11.1. The fourth-order valence-corrected chi connectivity index (χ4v) is 3.16. The minimum atomic E-state index is -0.449. The Labute approximate surface area is 137 Å². The summed E-state index contributed by atoms with van der Waals surface area (Å²) in [6, 6.07) is 12.6. The van der Waals surface area contributed by atoms with E-state index in [2.05, 4.69) is 41.1 Å². The maximum atomic E-state index is 11.1. The Balaban J connectivity index is 1.74. The van der Waals surface area contributed by atoms with Crippen molar-refractivity contribution in [1.29, 1.82) is 0 Å². The van der Waals surface area contributed by atoms with E-state index in [9.17, 15) is 4.79 Å². The fraction of sp³-hybridized carbons (Fsp3) is 0.368. The highest BCUT2D eigenvalue weighted by Crippen LogP contribution is 2.26. The lowest BCUT2D eigenvalue weighted by Crippen LogP contribution is -2.32. The molecule has 0 spiro atoms. The van der Waals surface area contributed by atoms with Crippen molar-refractivity contribution in [3.05, 3.63) is 53.7 Å². The summed E-state index contributed by atoms with van der Waals surface area (Å²) in [6.07, 6.45) is 5.49. The molecule has 4 nitrogen and oxygen atoms in total. The first kappa shape index (κ1) is 15.7. The summed E-state index contributed by atoms with van der Waals surface area (Å²) < 4.78 is 0. The molecule has 1 aromatic heterocycles. The van der Waals surface area contributed by atoms with Crippen molar-refractivity contribution in [3.8, 4) is 11.3 Å². The van der Waals surface area contributed by atoms with Crippen LogP contribution in [0.2, 0.25) is 0 Å². The van der Waals surface area contributed by atoms with Crippen LogP contribution in [-0.2, 0) is 0 Å². The molecule has 4 heteroatoms. The number of hydrogen-bond donors (Lipinski definition) is 1. The largest absolute Gasteiger partial charge is 0.366 e. The highest BCUT2D eigenvalue weighted by atomic mass is 16.1. The quantitative estimate of drug-likeness (QED) is 0.941. The SMILES string of the molecule is C[C@@H](c1ccc(-c2ccc(C(N)=O)cn2)cc1)N1CCCCC1. The van der Waals surface area contributed by atoms with Gasteiger partial charge in [-0.05, 0) is 50.6 Å². The van der Waals surface area contributed by atoms with E-state index in [1.807, 2.05) is 6.07 Å². The molecule has 23 heavy (non-hydrogen) atoms. The van der Waals surface area contributed by atoms with Crippen LogP contribution in [0.3, 0.4) is 0 Å². The van der Waals surface area contributed by atoms with Gasteiger partial charge in [-0.2, -0.15) is 0 Å². The van der Waals surface area contributed by atoms with Crippen molar-refractivity contribution in [1.82, 2.24) is 9.88 Å². The molecule has 120 valence electrons. The van der Waals surface area contributed by atoms with Gasteiger partial charge in [-0.15, -0.1) is 0 Å². The topological polar surface area (TPSA) is 59.2 Å². The van der Waals surface area contributed by atoms with Crippen molar-refractivity contribution in [2.24, 2.45) is 5.73 Å². The lowest BCUT2D eigenvalue weighted by atomic mass is 10.0. The summed E-state index contributed by atoms with van der Waals surface area (Å²) in [6.45, 7) is 4.67. The third kappa shape index (κ3) is 3.59. The lowest BCUT2D eigenvalue weighted by molar-refractivity contribution is 0.1000. The van der Waals surface area contributed by atoms with E-state index in [1.165, 1.54) is 44.1 Å². The standard InChI is InChI=1S/C19H23N3O/c1-14(22-11-3-2-4-12-22)15-5-7-16(8-6-15)18-10-9-17(13-21-18)19(20)23/h5-10,13-14H,2-4,11-12H2,1H3,(H2,20,23)/t14-/m0/s1. The number of piperidine rings is 1. The third-order valence-electron chi connectivity index (χ3n) is 4.68. The zero-order valence-corrected chi connectivity index (χ0v) is 13.5. The van der Waals surface area contributed by atoms with Gasteiger partial charge >= 0.3 is 0 Å². The van der Waals surface area contributed by atoms with Crippen molar-refractivity contribution >= 4 is 5.91 Å². The number of aromatic nitrogens is 1. The summed E-state index contributed by atoms with van der Waals surface area (Å²) >= 11 is 0. The molecule has 1 aromatic carbocycles. The molecule has 1 atom stereocenters. The molecule has 0 saturated carbocycles. The second-order valence-electron chi connectivity index (χ2n) is 6.19. The van der Waals surface area contributed by atoms with E-state index in [4.69, 9.17) is 5.73 Å². The molecule has 1 saturated heterocycles. The number of likely N-dealkylation sites (tertiary alicyclic amines) is 1. The van der Waals surface area contributed by atoms with Gasteiger partial charge in [-0.3, -0.25) is 14.7 Å². The molecule has 3 rings (SSSR count). The monoisotopic (exact) mass is 309 g/mol. The van der Waals surface area contributed by atoms with E-state index in [0.717, 1.165) is 11.3 Å². The first-order valence-electron chi connectivity index (χ1n) is 8.25. The van der Waals surface area contributed by atoms with Gasteiger partial charge in [-0.1, -0.05) is 30.7 Å².